The fraction of sp³-hybridized carbons (Fsp3) is 1.00. The zero-order chi connectivity index (χ0) is 11.3. The van der Waals surface area contributed by atoms with E-state index in [0.717, 1.165) is 29.7 Å². The van der Waals surface area contributed by atoms with E-state index in [4.69, 9.17) is 0 Å². The predicted octanol–water partition coefficient (Wildman–Crippen LogP) is 0.774. The third-order valence-corrected chi connectivity index (χ3v) is 5.04. The summed E-state index contributed by atoms with van der Waals surface area (Å²) in [5, 5.41) is 11.2. The van der Waals surface area contributed by atoms with Crippen LogP contribution in [0.25, 0.3) is 0 Å². The molecule has 0 aliphatic carbocycles. The van der Waals surface area contributed by atoms with Gasteiger partial charge in [0.15, 0.2) is 0 Å². The molecule has 16 heavy (non-hydrogen) atoms. The first-order valence-electron chi connectivity index (χ1n) is 6.91. The quantitative estimate of drug-likeness (QED) is 0.615. The minimum atomic E-state index is 0.581. The van der Waals surface area contributed by atoms with Crippen molar-refractivity contribution < 1.29 is 0 Å². The second kappa shape index (κ2) is 3.97. The highest BCUT2D eigenvalue weighted by molar-refractivity contribution is 5.08. The van der Waals surface area contributed by atoms with Crippen molar-refractivity contribution in [1.29, 1.82) is 0 Å². The first-order valence-corrected chi connectivity index (χ1v) is 6.91. The monoisotopic (exact) mass is 223 g/mol. The van der Waals surface area contributed by atoms with Crippen LogP contribution in [0.3, 0.4) is 0 Å². The molecule has 0 spiro atoms. The van der Waals surface area contributed by atoms with Crippen LogP contribution in [0.4, 0.5) is 0 Å². The molecule has 3 fully saturated rings. The average molecular weight is 223 g/mol. The number of fused-ring (bicyclic) bond motifs is 3. The van der Waals surface area contributed by atoms with Crippen LogP contribution >= 0.6 is 0 Å². The number of hydrogen-bond donors (Lipinski definition) is 3. The highest BCUT2D eigenvalue weighted by Crippen LogP contribution is 2.43. The second-order valence-corrected chi connectivity index (χ2v) is 6.26. The van der Waals surface area contributed by atoms with Crippen molar-refractivity contribution in [3.05, 3.63) is 0 Å². The van der Waals surface area contributed by atoms with Gasteiger partial charge < -0.3 is 5.32 Å². The third-order valence-electron chi connectivity index (χ3n) is 5.04. The second-order valence-electron chi connectivity index (χ2n) is 6.26. The summed E-state index contributed by atoms with van der Waals surface area (Å²) in [6.45, 7) is 9.53. The molecule has 3 aliphatic rings. The van der Waals surface area contributed by atoms with Crippen molar-refractivity contribution >= 4 is 0 Å². The zero-order valence-corrected chi connectivity index (χ0v) is 10.7. The maximum absolute atomic E-state index is 3.82. The van der Waals surface area contributed by atoms with Crippen molar-refractivity contribution in [2.75, 3.05) is 13.1 Å². The Morgan fingerprint density at radius 1 is 1.19 bits per heavy atom. The molecular weight excluding hydrogens is 198 g/mol. The van der Waals surface area contributed by atoms with Gasteiger partial charge in [-0.1, -0.05) is 13.8 Å². The number of nitrogens with one attached hydrogen (secondary N) is 3. The molecule has 0 aromatic carbocycles. The van der Waals surface area contributed by atoms with Crippen LogP contribution in [-0.2, 0) is 0 Å². The first-order chi connectivity index (χ1) is 7.68. The molecular formula is C13H25N3. The Bertz CT molecular complexity index is 266. The summed E-state index contributed by atoms with van der Waals surface area (Å²) in [5.41, 5.74) is 0. The molecule has 0 aromatic rings. The van der Waals surface area contributed by atoms with E-state index in [1.807, 2.05) is 0 Å². The van der Waals surface area contributed by atoms with Crippen LogP contribution in [0.15, 0.2) is 0 Å². The predicted molar refractivity (Wildman–Crippen MR) is 66.1 cm³/mol. The Morgan fingerprint density at radius 2 is 2.00 bits per heavy atom. The molecule has 0 amide bonds. The van der Waals surface area contributed by atoms with Gasteiger partial charge in [-0.3, -0.25) is 10.6 Å². The summed E-state index contributed by atoms with van der Waals surface area (Å²) < 4.78 is 0. The normalized spacial score (nSPS) is 51.8. The highest BCUT2D eigenvalue weighted by atomic mass is 15.2. The van der Waals surface area contributed by atoms with Crippen molar-refractivity contribution in [1.82, 2.24) is 16.0 Å². The maximum Gasteiger partial charge on any atom is 0.0612 e. The Labute approximate surface area is 98.8 Å². The van der Waals surface area contributed by atoms with Crippen LogP contribution in [0.1, 0.15) is 27.2 Å². The summed E-state index contributed by atoms with van der Waals surface area (Å²) in [7, 11) is 0. The Kier molecular flexibility index (Phi) is 2.73. The SMILES string of the molecule is CC(C)C1C(C)NC2NC3CCNCC3C21. The molecule has 0 aromatic heterocycles. The van der Waals surface area contributed by atoms with Gasteiger partial charge in [-0.25, -0.2) is 0 Å². The van der Waals surface area contributed by atoms with E-state index in [2.05, 4.69) is 36.7 Å². The first kappa shape index (κ1) is 11.0. The van der Waals surface area contributed by atoms with Gasteiger partial charge in [-0.05, 0) is 50.1 Å². The fourth-order valence-corrected chi connectivity index (χ4v) is 4.50. The summed E-state index contributed by atoms with van der Waals surface area (Å²) >= 11 is 0. The number of rotatable bonds is 1. The lowest BCUT2D eigenvalue weighted by molar-refractivity contribution is 0.190. The summed E-state index contributed by atoms with van der Waals surface area (Å²) in [4.78, 5) is 0. The van der Waals surface area contributed by atoms with Crippen LogP contribution < -0.4 is 16.0 Å². The van der Waals surface area contributed by atoms with Gasteiger partial charge in [0.1, 0.15) is 0 Å². The van der Waals surface area contributed by atoms with E-state index < -0.39 is 0 Å². The fourth-order valence-electron chi connectivity index (χ4n) is 4.50. The van der Waals surface area contributed by atoms with Gasteiger partial charge in [0.05, 0.1) is 6.17 Å². The lowest BCUT2D eigenvalue weighted by atomic mass is 9.73. The lowest BCUT2D eigenvalue weighted by Gasteiger charge is -2.34. The molecule has 6 unspecified atom stereocenters. The smallest absolute Gasteiger partial charge is 0.0612 e. The summed E-state index contributed by atoms with van der Waals surface area (Å²) in [5.74, 6) is 3.32. The van der Waals surface area contributed by atoms with Crippen molar-refractivity contribution in [2.24, 2.45) is 23.7 Å². The molecule has 0 bridgehead atoms. The van der Waals surface area contributed by atoms with Crippen LogP contribution in [0.5, 0.6) is 0 Å². The lowest BCUT2D eigenvalue weighted by Crippen LogP contribution is -2.47. The largest absolute Gasteiger partial charge is 0.316 e. The van der Waals surface area contributed by atoms with E-state index >= 15 is 0 Å². The summed E-state index contributed by atoms with van der Waals surface area (Å²) in [6.07, 6.45) is 1.88. The average Bonchev–Trinajstić information content (AvgIpc) is 2.71. The summed E-state index contributed by atoms with van der Waals surface area (Å²) in [6, 6.07) is 1.43. The minimum absolute atomic E-state index is 0.581. The molecule has 0 radical (unpaired) electrons. The molecule has 3 rings (SSSR count). The molecule has 3 heterocycles. The molecule has 3 saturated heterocycles. The Hall–Kier alpha value is -0.120. The van der Waals surface area contributed by atoms with Crippen LogP contribution in [0, 0.1) is 23.7 Å². The van der Waals surface area contributed by atoms with Gasteiger partial charge in [0.2, 0.25) is 0 Å². The molecule has 3 N–H and O–H groups in total. The molecule has 3 heteroatoms. The standard InChI is InChI=1S/C13H25N3/c1-7(2)11-8(3)15-13-12(11)9-6-14-5-4-10(9)16-13/h7-16H,4-6H2,1-3H3. The Balaban J connectivity index is 1.83. The van der Waals surface area contributed by atoms with Gasteiger partial charge in [0, 0.05) is 12.1 Å². The van der Waals surface area contributed by atoms with E-state index in [1.165, 1.54) is 19.5 Å². The van der Waals surface area contributed by atoms with Crippen LogP contribution in [0.2, 0.25) is 0 Å². The van der Waals surface area contributed by atoms with Gasteiger partial charge in [-0.15, -0.1) is 0 Å². The topological polar surface area (TPSA) is 36.1 Å². The van der Waals surface area contributed by atoms with Crippen LogP contribution in [-0.4, -0.2) is 31.3 Å². The third kappa shape index (κ3) is 1.52. The van der Waals surface area contributed by atoms with Crippen molar-refractivity contribution in [2.45, 2.75) is 45.4 Å². The minimum Gasteiger partial charge on any atom is -0.316 e. The molecule has 3 nitrogen and oxygen atoms in total. The van der Waals surface area contributed by atoms with Gasteiger partial charge >= 0.3 is 0 Å². The highest BCUT2D eigenvalue weighted by Gasteiger charge is 2.53. The van der Waals surface area contributed by atoms with Crippen molar-refractivity contribution in [3.8, 4) is 0 Å². The van der Waals surface area contributed by atoms with Crippen molar-refractivity contribution in [3.63, 3.8) is 0 Å². The van der Waals surface area contributed by atoms with E-state index in [1.54, 1.807) is 0 Å². The van der Waals surface area contributed by atoms with Gasteiger partial charge in [0.25, 0.3) is 0 Å². The van der Waals surface area contributed by atoms with Gasteiger partial charge in [-0.2, -0.15) is 0 Å². The number of hydrogen-bond acceptors (Lipinski definition) is 3. The Morgan fingerprint density at radius 3 is 2.75 bits per heavy atom. The van der Waals surface area contributed by atoms with E-state index in [-0.39, 0.29) is 0 Å². The molecule has 0 saturated carbocycles. The number of piperidine rings is 1. The molecule has 92 valence electrons. The molecule has 3 aliphatic heterocycles. The van der Waals surface area contributed by atoms with E-state index in [0.29, 0.717) is 12.2 Å². The molecule has 6 atom stereocenters. The zero-order valence-electron chi connectivity index (χ0n) is 10.7. The maximum atomic E-state index is 3.82. The van der Waals surface area contributed by atoms with E-state index in [9.17, 15) is 0 Å².